The summed E-state index contributed by atoms with van der Waals surface area (Å²) in [4.78, 5) is 32.1. The number of nitrogens with zero attached hydrogens (tertiary/aromatic N) is 3. The van der Waals surface area contributed by atoms with Gasteiger partial charge in [-0.2, -0.15) is 13.2 Å². The van der Waals surface area contributed by atoms with Gasteiger partial charge in [0.05, 0.1) is 11.0 Å². The quantitative estimate of drug-likeness (QED) is 0.735. The summed E-state index contributed by atoms with van der Waals surface area (Å²) in [5, 5.41) is 0. The summed E-state index contributed by atoms with van der Waals surface area (Å²) in [7, 11) is 1.58. The molecule has 1 saturated heterocycles. The summed E-state index contributed by atoms with van der Waals surface area (Å²) in [5.74, 6) is 0.400. The maximum atomic E-state index is 13.4. The number of ether oxygens (including phenoxy) is 1. The lowest BCUT2D eigenvalue weighted by molar-refractivity contribution is -0.161. The van der Waals surface area contributed by atoms with E-state index < -0.39 is 23.2 Å². The van der Waals surface area contributed by atoms with E-state index in [9.17, 15) is 22.8 Å². The van der Waals surface area contributed by atoms with Crippen LogP contribution in [0.1, 0.15) is 44.1 Å². The summed E-state index contributed by atoms with van der Waals surface area (Å²) in [5.41, 5.74) is 4.50. The van der Waals surface area contributed by atoms with E-state index in [2.05, 4.69) is 4.98 Å². The number of likely N-dealkylation sites (tertiary alicyclic amines) is 1. The zero-order valence-electron chi connectivity index (χ0n) is 18.6. The molecule has 2 heterocycles. The number of amides is 2. The van der Waals surface area contributed by atoms with Crippen LogP contribution < -0.4 is 10.6 Å². The number of pyridine rings is 1. The Kier molecular flexibility index (Phi) is 5.25. The van der Waals surface area contributed by atoms with Crippen LogP contribution in [0.5, 0.6) is 0 Å². The molecule has 0 radical (unpaired) electrons. The number of rotatable bonds is 4. The van der Waals surface area contributed by atoms with Crippen LogP contribution in [0.25, 0.3) is 0 Å². The van der Waals surface area contributed by atoms with E-state index >= 15 is 0 Å². The van der Waals surface area contributed by atoms with Gasteiger partial charge in [0.15, 0.2) is 0 Å². The molecule has 180 valence electrons. The molecule has 10 heteroatoms. The molecule has 0 aromatic carbocycles. The number of carbonyl (C=O) groups is 2. The summed E-state index contributed by atoms with van der Waals surface area (Å²) >= 11 is 0. The average molecular weight is 467 g/mol. The molecule has 33 heavy (non-hydrogen) atoms. The molecule has 1 aliphatic heterocycles. The number of hydrogen-bond donors (Lipinski definition) is 1. The Bertz CT molecular complexity index is 939. The van der Waals surface area contributed by atoms with Crippen LogP contribution in [0.3, 0.4) is 0 Å². The molecule has 4 bridgehead atoms. The third kappa shape index (κ3) is 3.81. The average Bonchev–Trinajstić information content (AvgIpc) is 3.25. The van der Waals surface area contributed by atoms with E-state index in [1.165, 1.54) is 17.2 Å². The van der Waals surface area contributed by atoms with Crippen LogP contribution in [0, 0.1) is 23.2 Å². The van der Waals surface area contributed by atoms with Crippen molar-refractivity contribution in [1.29, 1.82) is 0 Å². The van der Waals surface area contributed by atoms with Gasteiger partial charge < -0.3 is 20.3 Å². The van der Waals surface area contributed by atoms with Crippen molar-refractivity contribution in [3.05, 3.63) is 23.9 Å². The number of halogens is 3. The number of hydrogen-bond acceptors (Lipinski definition) is 5. The first-order chi connectivity index (χ1) is 15.6. The molecule has 6 rings (SSSR count). The maximum absolute atomic E-state index is 13.4. The van der Waals surface area contributed by atoms with E-state index in [1.54, 1.807) is 11.9 Å². The Morgan fingerprint density at radius 3 is 2.58 bits per heavy atom. The standard InChI is InChI=1S/C23H29F3N4O3/c1-29(19-17(23(24,25)26)3-2-5-28-19)16-4-6-30(12-16)21(32)33-18-14-7-13-8-15(18)11-22(9-13,10-14)20(27)31/h2-3,5,13-16,18H,4,6-12H2,1H3,(H2,27,31)/t13?,14-,15?,16?,18?,22-/m0/s1. The summed E-state index contributed by atoms with van der Waals surface area (Å²) in [6.07, 6.45) is 0.845. The molecule has 4 saturated carbocycles. The first kappa shape index (κ1) is 22.3. The molecule has 5 aliphatic rings. The van der Waals surface area contributed by atoms with E-state index in [-0.39, 0.29) is 42.3 Å². The van der Waals surface area contributed by atoms with Crippen molar-refractivity contribution in [3.63, 3.8) is 0 Å². The van der Waals surface area contributed by atoms with Gasteiger partial charge in [-0.25, -0.2) is 9.78 Å². The minimum Gasteiger partial charge on any atom is -0.446 e. The molecule has 4 aliphatic carbocycles. The Hall–Kier alpha value is -2.52. The Labute approximate surface area is 190 Å². The second kappa shape index (κ2) is 7.77. The smallest absolute Gasteiger partial charge is 0.419 e. The second-order valence-electron chi connectivity index (χ2n) is 10.3. The van der Waals surface area contributed by atoms with E-state index in [0.717, 1.165) is 25.3 Å². The van der Waals surface area contributed by atoms with E-state index in [1.807, 2.05) is 0 Å². The van der Waals surface area contributed by atoms with Gasteiger partial charge in [0.25, 0.3) is 0 Å². The van der Waals surface area contributed by atoms with Crippen molar-refractivity contribution in [2.75, 3.05) is 25.0 Å². The molecule has 1 aromatic heterocycles. The third-order valence-electron chi connectivity index (χ3n) is 8.34. The van der Waals surface area contributed by atoms with Crippen LogP contribution in [0.15, 0.2) is 18.3 Å². The molecule has 5 fully saturated rings. The van der Waals surface area contributed by atoms with Gasteiger partial charge >= 0.3 is 12.3 Å². The summed E-state index contributed by atoms with van der Waals surface area (Å²) in [6.45, 7) is 0.692. The fourth-order valence-electron chi connectivity index (χ4n) is 6.96. The van der Waals surface area contributed by atoms with Crippen LogP contribution in [-0.2, 0) is 15.7 Å². The van der Waals surface area contributed by atoms with Gasteiger partial charge in [-0.15, -0.1) is 0 Å². The van der Waals surface area contributed by atoms with Crippen LogP contribution >= 0.6 is 0 Å². The lowest BCUT2D eigenvalue weighted by Gasteiger charge is -2.58. The maximum Gasteiger partial charge on any atom is 0.419 e. The number of carbonyl (C=O) groups excluding carboxylic acids is 2. The van der Waals surface area contributed by atoms with E-state index in [4.69, 9.17) is 10.5 Å². The highest BCUT2D eigenvalue weighted by Gasteiger charge is 2.59. The topological polar surface area (TPSA) is 88.8 Å². The van der Waals surface area contributed by atoms with Gasteiger partial charge in [-0.3, -0.25) is 4.79 Å². The molecule has 1 aromatic rings. The van der Waals surface area contributed by atoms with Crippen molar-refractivity contribution >= 4 is 17.8 Å². The number of aromatic nitrogens is 1. The third-order valence-corrected chi connectivity index (χ3v) is 8.34. The summed E-state index contributed by atoms with van der Waals surface area (Å²) < 4.78 is 46.2. The van der Waals surface area contributed by atoms with Gasteiger partial charge in [0, 0.05) is 32.4 Å². The minimum absolute atomic E-state index is 0.136. The Morgan fingerprint density at radius 1 is 1.24 bits per heavy atom. The van der Waals surface area contributed by atoms with E-state index in [0.29, 0.717) is 31.7 Å². The number of anilines is 1. The highest BCUT2D eigenvalue weighted by atomic mass is 19.4. The first-order valence-corrected chi connectivity index (χ1v) is 11.6. The molecule has 6 atom stereocenters. The molecule has 2 amide bonds. The van der Waals surface area contributed by atoms with Crippen LogP contribution in [-0.4, -0.2) is 54.2 Å². The van der Waals surface area contributed by atoms with Gasteiger partial charge in [-0.05, 0) is 68.4 Å². The highest BCUT2D eigenvalue weighted by Crippen LogP contribution is 2.60. The Balaban J connectivity index is 1.23. The van der Waals surface area contributed by atoms with Crippen molar-refractivity contribution < 1.29 is 27.5 Å². The molecule has 2 N–H and O–H groups in total. The SMILES string of the molecule is CN(c1ncccc1C(F)(F)F)C1CCN(C(=O)OC2C3CC4C[C@H]2C[C@@](C(N)=O)(C4)C3)C1. The van der Waals surface area contributed by atoms with Gasteiger partial charge in [0.1, 0.15) is 11.9 Å². The molecular weight excluding hydrogens is 437 g/mol. The van der Waals surface area contributed by atoms with Crippen molar-refractivity contribution in [3.8, 4) is 0 Å². The zero-order chi connectivity index (χ0) is 23.5. The van der Waals surface area contributed by atoms with Gasteiger partial charge in [0.2, 0.25) is 5.91 Å². The molecular formula is C23H29F3N4O3. The van der Waals surface area contributed by atoms with Crippen molar-refractivity contribution in [2.24, 2.45) is 28.9 Å². The highest BCUT2D eigenvalue weighted by molar-refractivity contribution is 5.81. The number of nitrogens with two attached hydrogens (primary N) is 1. The predicted octanol–water partition coefficient (Wildman–Crippen LogP) is 3.43. The van der Waals surface area contributed by atoms with Crippen molar-refractivity contribution in [1.82, 2.24) is 9.88 Å². The summed E-state index contributed by atoms with van der Waals surface area (Å²) in [6, 6.07) is 2.00. The van der Waals surface area contributed by atoms with Crippen molar-refractivity contribution in [2.45, 2.75) is 56.8 Å². The second-order valence-corrected chi connectivity index (χ2v) is 10.3. The largest absolute Gasteiger partial charge is 0.446 e. The fraction of sp³-hybridized carbons (Fsp3) is 0.696. The van der Waals surface area contributed by atoms with Crippen LogP contribution in [0.2, 0.25) is 0 Å². The molecule has 7 nitrogen and oxygen atoms in total. The predicted molar refractivity (Wildman–Crippen MR) is 113 cm³/mol. The lowest BCUT2D eigenvalue weighted by Crippen LogP contribution is -2.59. The first-order valence-electron chi connectivity index (χ1n) is 11.6. The number of primary amides is 1. The fourth-order valence-corrected chi connectivity index (χ4v) is 6.96. The minimum atomic E-state index is -4.50. The lowest BCUT2D eigenvalue weighted by atomic mass is 9.48. The normalized spacial score (nSPS) is 35.0. The number of alkyl halides is 3. The Morgan fingerprint density at radius 2 is 1.94 bits per heavy atom. The zero-order valence-corrected chi connectivity index (χ0v) is 18.6. The van der Waals surface area contributed by atoms with Gasteiger partial charge in [-0.1, -0.05) is 0 Å². The number of likely N-dealkylation sites (N-methyl/N-ethyl adjacent to an activating group) is 1. The monoisotopic (exact) mass is 466 g/mol. The molecule has 4 unspecified atom stereocenters. The molecule has 0 spiro atoms. The van der Waals surface area contributed by atoms with Crippen LogP contribution in [0.4, 0.5) is 23.8 Å².